The Hall–Kier alpha value is 0.0500. The standard InChI is InChI=1S/C21H22F3I3O7S/c22-21(23,24)17(9-35(30,31)32)33-19(28)12-3-1-11-6-13(4-2-10(11)5-12)20(29)34-18-15(26)7-14(25)8-16(18)27/h7-8,10-13,17H,1-6,9H2,(H,30,31,32). The minimum absolute atomic E-state index is 0.0508. The lowest BCUT2D eigenvalue weighted by atomic mass is 9.65. The second-order valence-electron chi connectivity index (χ2n) is 8.88. The van der Waals surface area contributed by atoms with Crippen LogP contribution in [0.4, 0.5) is 13.2 Å². The molecule has 0 heterocycles. The van der Waals surface area contributed by atoms with Gasteiger partial charge in [-0.2, -0.15) is 21.6 Å². The van der Waals surface area contributed by atoms with E-state index in [2.05, 4.69) is 72.5 Å². The minimum Gasteiger partial charge on any atom is -0.451 e. The molecule has 1 aromatic rings. The van der Waals surface area contributed by atoms with Gasteiger partial charge in [0.2, 0.25) is 6.10 Å². The highest BCUT2D eigenvalue weighted by atomic mass is 127. The van der Waals surface area contributed by atoms with Gasteiger partial charge in [-0.3, -0.25) is 14.1 Å². The summed E-state index contributed by atoms with van der Waals surface area (Å²) in [6.45, 7) is 0. The van der Waals surface area contributed by atoms with Crippen LogP contribution in [0.25, 0.3) is 0 Å². The van der Waals surface area contributed by atoms with E-state index in [9.17, 15) is 31.2 Å². The Labute approximate surface area is 241 Å². The molecule has 0 aromatic heterocycles. The van der Waals surface area contributed by atoms with Crippen molar-refractivity contribution in [2.75, 3.05) is 5.75 Å². The maximum atomic E-state index is 13.1. The second-order valence-corrected chi connectivity index (χ2v) is 13.9. The molecule has 196 valence electrons. The Morgan fingerprint density at radius 1 is 0.971 bits per heavy atom. The molecule has 5 unspecified atom stereocenters. The van der Waals surface area contributed by atoms with Crippen molar-refractivity contribution in [3.8, 4) is 5.75 Å². The number of halogens is 6. The van der Waals surface area contributed by atoms with E-state index in [4.69, 9.17) is 9.29 Å². The fourth-order valence-electron chi connectivity index (χ4n) is 4.75. The van der Waals surface area contributed by atoms with Crippen LogP contribution >= 0.6 is 67.8 Å². The lowest BCUT2D eigenvalue weighted by Gasteiger charge is -2.41. The average molecular weight is 856 g/mol. The third-order valence-corrected chi connectivity index (χ3v) is 9.38. The molecule has 1 aromatic carbocycles. The van der Waals surface area contributed by atoms with E-state index in [1.54, 1.807) is 0 Å². The Kier molecular flexibility index (Phi) is 10.0. The van der Waals surface area contributed by atoms with E-state index in [0.717, 1.165) is 10.7 Å². The van der Waals surface area contributed by atoms with Crippen LogP contribution in [0.5, 0.6) is 5.75 Å². The first-order valence-corrected chi connectivity index (χ1v) is 15.6. The molecule has 0 amide bonds. The third kappa shape index (κ3) is 8.27. The van der Waals surface area contributed by atoms with Crippen LogP contribution in [0, 0.1) is 34.4 Å². The fraction of sp³-hybridized carbons (Fsp3) is 0.619. The monoisotopic (exact) mass is 856 g/mol. The van der Waals surface area contributed by atoms with Gasteiger partial charge in [-0.05, 0) is 130 Å². The van der Waals surface area contributed by atoms with Gasteiger partial charge >= 0.3 is 18.1 Å². The zero-order chi connectivity index (χ0) is 26.1. The van der Waals surface area contributed by atoms with E-state index in [0.29, 0.717) is 37.9 Å². The van der Waals surface area contributed by atoms with E-state index in [1.165, 1.54) is 0 Å². The van der Waals surface area contributed by atoms with E-state index < -0.39 is 40.0 Å². The molecule has 2 fully saturated rings. The van der Waals surface area contributed by atoms with Crippen molar-refractivity contribution in [3.63, 3.8) is 0 Å². The summed E-state index contributed by atoms with van der Waals surface area (Å²) in [6, 6.07) is 3.84. The molecule has 2 saturated carbocycles. The van der Waals surface area contributed by atoms with E-state index in [-0.39, 0.29) is 30.1 Å². The molecule has 0 saturated heterocycles. The number of fused-ring (bicyclic) bond motifs is 1. The van der Waals surface area contributed by atoms with Crippen LogP contribution in [0.3, 0.4) is 0 Å². The number of hydrogen-bond acceptors (Lipinski definition) is 6. The highest BCUT2D eigenvalue weighted by molar-refractivity contribution is 14.1. The molecular weight excluding hydrogens is 834 g/mol. The summed E-state index contributed by atoms with van der Waals surface area (Å²) in [4.78, 5) is 25.3. The second kappa shape index (κ2) is 11.8. The van der Waals surface area contributed by atoms with Gasteiger partial charge in [0.05, 0.1) is 19.0 Å². The number of esters is 2. The predicted molar refractivity (Wildman–Crippen MR) is 144 cm³/mol. The Morgan fingerprint density at radius 2 is 1.46 bits per heavy atom. The maximum absolute atomic E-state index is 13.1. The number of hydrogen-bond donors (Lipinski definition) is 1. The van der Waals surface area contributed by atoms with Gasteiger partial charge in [0.15, 0.2) is 5.75 Å². The van der Waals surface area contributed by atoms with Crippen molar-refractivity contribution in [2.24, 2.45) is 23.7 Å². The number of rotatable bonds is 6. The molecule has 1 N–H and O–H groups in total. The van der Waals surface area contributed by atoms with Crippen LogP contribution < -0.4 is 4.74 Å². The molecule has 5 atom stereocenters. The van der Waals surface area contributed by atoms with Crippen LogP contribution in [0.2, 0.25) is 0 Å². The Bertz CT molecular complexity index is 1060. The normalized spacial score (nSPS) is 25.9. The zero-order valence-corrected chi connectivity index (χ0v) is 25.4. The van der Waals surface area contributed by atoms with Crippen LogP contribution in [-0.4, -0.2) is 42.9 Å². The molecular formula is C21H22F3I3O7S. The van der Waals surface area contributed by atoms with Crippen molar-refractivity contribution >= 4 is 89.8 Å². The summed E-state index contributed by atoms with van der Waals surface area (Å²) < 4.78 is 82.8. The number of benzene rings is 1. The molecule has 2 aliphatic carbocycles. The number of carbonyl (C=O) groups is 2. The highest BCUT2D eigenvalue weighted by Crippen LogP contribution is 2.46. The quantitative estimate of drug-likeness (QED) is 0.172. The van der Waals surface area contributed by atoms with Crippen LogP contribution in [0.15, 0.2) is 12.1 Å². The van der Waals surface area contributed by atoms with Crippen molar-refractivity contribution in [3.05, 3.63) is 22.8 Å². The SMILES string of the molecule is O=C(Oc1c(I)cc(I)cc1I)C1CCC2CC(C(=O)OC(CS(=O)(=O)O)C(F)(F)F)CCC2C1. The summed E-state index contributed by atoms with van der Waals surface area (Å²) in [6.07, 6.45) is -5.14. The number of alkyl halides is 3. The van der Waals surface area contributed by atoms with Gasteiger partial charge in [-0.1, -0.05) is 0 Å². The van der Waals surface area contributed by atoms with E-state index >= 15 is 0 Å². The van der Waals surface area contributed by atoms with Gasteiger partial charge < -0.3 is 9.47 Å². The van der Waals surface area contributed by atoms with Gasteiger partial charge in [-0.15, -0.1) is 0 Å². The van der Waals surface area contributed by atoms with Crippen LogP contribution in [0.1, 0.15) is 38.5 Å². The first-order valence-electron chi connectivity index (χ1n) is 10.7. The molecule has 7 nitrogen and oxygen atoms in total. The summed E-state index contributed by atoms with van der Waals surface area (Å²) in [5, 5.41) is 0. The number of ether oxygens (including phenoxy) is 2. The molecule has 0 aliphatic heterocycles. The van der Waals surface area contributed by atoms with Gasteiger partial charge in [0.25, 0.3) is 10.1 Å². The zero-order valence-electron chi connectivity index (χ0n) is 18.1. The fourth-order valence-corrected chi connectivity index (χ4v) is 9.19. The van der Waals surface area contributed by atoms with Gasteiger partial charge in [0.1, 0.15) is 5.75 Å². The summed E-state index contributed by atoms with van der Waals surface area (Å²) >= 11 is 6.44. The Morgan fingerprint density at radius 3 is 1.91 bits per heavy atom. The largest absolute Gasteiger partial charge is 0.451 e. The molecule has 2 aliphatic rings. The minimum atomic E-state index is -5.12. The lowest BCUT2D eigenvalue weighted by molar-refractivity contribution is -0.218. The number of carbonyl (C=O) groups excluding carboxylic acids is 2. The van der Waals surface area contributed by atoms with E-state index in [1.807, 2.05) is 12.1 Å². The summed E-state index contributed by atoms with van der Waals surface area (Å²) in [5.74, 6) is -3.51. The third-order valence-electron chi connectivity index (χ3n) is 6.43. The summed E-state index contributed by atoms with van der Waals surface area (Å²) in [7, 11) is -4.99. The molecule has 0 bridgehead atoms. The predicted octanol–water partition coefficient (Wildman–Crippen LogP) is 5.60. The van der Waals surface area contributed by atoms with Crippen molar-refractivity contribution in [2.45, 2.75) is 50.8 Å². The van der Waals surface area contributed by atoms with Crippen molar-refractivity contribution in [1.29, 1.82) is 0 Å². The maximum Gasteiger partial charge on any atom is 0.426 e. The lowest BCUT2D eigenvalue weighted by Crippen LogP contribution is -2.42. The first kappa shape index (κ1) is 29.6. The first-order chi connectivity index (χ1) is 16.1. The molecule has 0 spiro atoms. The van der Waals surface area contributed by atoms with Crippen LogP contribution in [-0.2, 0) is 24.4 Å². The smallest absolute Gasteiger partial charge is 0.426 e. The van der Waals surface area contributed by atoms with Gasteiger partial charge in [-0.25, -0.2) is 0 Å². The average Bonchev–Trinajstić information content (AvgIpc) is 2.73. The Balaban J connectivity index is 1.57. The molecule has 3 rings (SSSR count). The molecule has 0 radical (unpaired) electrons. The van der Waals surface area contributed by atoms with Gasteiger partial charge in [0, 0.05) is 3.57 Å². The molecule has 14 heteroatoms. The topological polar surface area (TPSA) is 107 Å². The summed E-state index contributed by atoms with van der Waals surface area (Å²) in [5.41, 5.74) is 0. The van der Waals surface area contributed by atoms with Crippen molar-refractivity contribution < 1.29 is 45.2 Å². The van der Waals surface area contributed by atoms with Crippen molar-refractivity contribution in [1.82, 2.24) is 0 Å². The molecule has 35 heavy (non-hydrogen) atoms. The highest BCUT2D eigenvalue weighted by Gasteiger charge is 2.47.